The number of Topliss-reactive ketones (excluding diaryl/α,β-unsaturated/α-hetero) is 1. The number of benzene rings is 2. The third kappa shape index (κ3) is 2.35. The van der Waals surface area contributed by atoms with Gasteiger partial charge in [0.05, 0.1) is 6.54 Å². The highest BCUT2D eigenvalue weighted by Gasteiger charge is 2.09. The minimum atomic E-state index is -0.385. The second-order valence-corrected chi connectivity index (χ2v) is 4.94. The first-order chi connectivity index (χ1) is 9.63. The minimum absolute atomic E-state index is 0.0948. The van der Waals surface area contributed by atoms with Gasteiger partial charge in [0.15, 0.2) is 5.78 Å². The third-order valence-electron chi connectivity index (χ3n) is 3.39. The lowest BCUT2D eigenvalue weighted by atomic mass is 10.1. The van der Waals surface area contributed by atoms with Gasteiger partial charge in [-0.15, -0.1) is 0 Å². The molecule has 0 aliphatic carbocycles. The summed E-state index contributed by atoms with van der Waals surface area (Å²) in [6.07, 6.45) is 1.89. The molecule has 2 aromatic carbocycles. The van der Waals surface area contributed by atoms with Crippen LogP contribution in [0.2, 0.25) is 0 Å². The molecule has 100 valence electrons. The summed E-state index contributed by atoms with van der Waals surface area (Å²) < 4.78 is 15.0. The number of hydrogen-bond acceptors (Lipinski definition) is 1. The highest BCUT2D eigenvalue weighted by molar-refractivity contribution is 5.96. The average molecular weight is 267 g/mol. The van der Waals surface area contributed by atoms with Gasteiger partial charge in [0, 0.05) is 17.3 Å². The predicted octanol–water partition coefficient (Wildman–Crippen LogP) is 3.97. The maximum Gasteiger partial charge on any atom is 0.182 e. The topological polar surface area (TPSA) is 22.0 Å². The average Bonchev–Trinajstić information content (AvgIpc) is 2.81. The van der Waals surface area contributed by atoms with Crippen molar-refractivity contribution in [3.8, 4) is 0 Å². The molecule has 1 aromatic heterocycles. The van der Waals surface area contributed by atoms with Gasteiger partial charge in [-0.3, -0.25) is 4.79 Å². The summed E-state index contributed by atoms with van der Waals surface area (Å²) in [6, 6.07) is 13.9. The molecule has 3 rings (SSSR count). The van der Waals surface area contributed by atoms with Crippen molar-refractivity contribution >= 4 is 16.7 Å². The van der Waals surface area contributed by atoms with E-state index in [2.05, 4.69) is 6.07 Å². The van der Waals surface area contributed by atoms with Gasteiger partial charge in [-0.2, -0.15) is 0 Å². The van der Waals surface area contributed by atoms with Crippen LogP contribution in [0.15, 0.2) is 54.7 Å². The lowest BCUT2D eigenvalue weighted by Crippen LogP contribution is -2.09. The van der Waals surface area contributed by atoms with Gasteiger partial charge in [0.25, 0.3) is 0 Å². The number of hydrogen-bond donors (Lipinski definition) is 0. The number of aromatic nitrogens is 1. The Morgan fingerprint density at radius 1 is 1.15 bits per heavy atom. The quantitative estimate of drug-likeness (QED) is 0.658. The SMILES string of the molecule is Cc1ccc2c(ccn2CC(=O)c2cccc(F)c2)c1. The summed E-state index contributed by atoms with van der Waals surface area (Å²) in [5.74, 6) is -0.480. The number of fused-ring (bicyclic) bond motifs is 1. The smallest absolute Gasteiger partial charge is 0.182 e. The molecule has 0 fully saturated rings. The van der Waals surface area contributed by atoms with Crippen molar-refractivity contribution in [1.82, 2.24) is 4.57 Å². The Bertz CT molecular complexity index is 789. The zero-order valence-corrected chi connectivity index (χ0v) is 11.1. The fourth-order valence-corrected chi connectivity index (χ4v) is 2.37. The van der Waals surface area contributed by atoms with Crippen LogP contribution in [0.1, 0.15) is 15.9 Å². The molecule has 0 N–H and O–H groups in total. The molecule has 0 unspecified atom stereocenters. The van der Waals surface area contributed by atoms with Gasteiger partial charge < -0.3 is 4.57 Å². The van der Waals surface area contributed by atoms with Gasteiger partial charge in [-0.1, -0.05) is 23.8 Å². The normalized spacial score (nSPS) is 10.9. The summed E-state index contributed by atoms with van der Waals surface area (Å²) in [7, 11) is 0. The molecule has 1 heterocycles. The van der Waals surface area contributed by atoms with Gasteiger partial charge >= 0.3 is 0 Å². The first kappa shape index (κ1) is 12.6. The molecule has 0 aliphatic heterocycles. The Hall–Kier alpha value is -2.42. The summed E-state index contributed by atoms with van der Waals surface area (Å²) in [5.41, 5.74) is 2.60. The van der Waals surface area contributed by atoms with E-state index in [1.165, 1.54) is 17.7 Å². The number of carbonyl (C=O) groups excluding carboxylic acids is 1. The fourth-order valence-electron chi connectivity index (χ4n) is 2.37. The van der Waals surface area contributed by atoms with E-state index in [1.54, 1.807) is 12.1 Å². The van der Waals surface area contributed by atoms with E-state index in [-0.39, 0.29) is 18.1 Å². The van der Waals surface area contributed by atoms with E-state index in [9.17, 15) is 9.18 Å². The Morgan fingerprint density at radius 3 is 2.80 bits per heavy atom. The number of rotatable bonds is 3. The highest BCUT2D eigenvalue weighted by atomic mass is 19.1. The molecule has 0 radical (unpaired) electrons. The molecule has 0 saturated heterocycles. The molecule has 0 atom stereocenters. The van der Waals surface area contributed by atoms with Gasteiger partial charge in [0.2, 0.25) is 0 Å². The van der Waals surface area contributed by atoms with Crippen LogP contribution in [-0.4, -0.2) is 10.4 Å². The van der Waals surface area contributed by atoms with E-state index in [1.807, 2.05) is 35.9 Å². The van der Waals surface area contributed by atoms with Crippen molar-refractivity contribution in [3.05, 3.63) is 71.7 Å². The van der Waals surface area contributed by atoms with Crippen molar-refractivity contribution in [2.24, 2.45) is 0 Å². The van der Waals surface area contributed by atoms with Crippen LogP contribution in [0, 0.1) is 12.7 Å². The fraction of sp³-hybridized carbons (Fsp3) is 0.118. The molecule has 0 amide bonds. The molecule has 20 heavy (non-hydrogen) atoms. The largest absolute Gasteiger partial charge is 0.340 e. The Kier molecular flexibility index (Phi) is 3.11. The minimum Gasteiger partial charge on any atom is -0.340 e. The lowest BCUT2D eigenvalue weighted by molar-refractivity contribution is 0.0973. The van der Waals surface area contributed by atoms with Crippen molar-refractivity contribution in [3.63, 3.8) is 0 Å². The van der Waals surface area contributed by atoms with Crippen molar-refractivity contribution < 1.29 is 9.18 Å². The summed E-state index contributed by atoms with van der Waals surface area (Å²) >= 11 is 0. The highest BCUT2D eigenvalue weighted by Crippen LogP contribution is 2.18. The van der Waals surface area contributed by atoms with Crippen LogP contribution < -0.4 is 0 Å². The van der Waals surface area contributed by atoms with Crippen LogP contribution >= 0.6 is 0 Å². The summed E-state index contributed by atoms with van der Waals surface area (Å²) in [4.78, 5) is 12.2. The molecule has 3 heteroatoms. The van der Waals surface area contributed by atoms with E-state index in [0.717, 1.165) is 10.9 Å². The van der Waals surface area contributed by atoms with Crippen molar-refractivity contribution in [2.75, 3.05) is 0 Å². The lowest BCUT2D eigenvalue weighted by Gasteiger charge is -2.05. The molecule has 0 aliphatic rings. The molecule has 3 aromatic rings. The van der Waals surface area contributed by atoms with Crippen LogP contribution in [0.4, 0.5) is 4.39 Å². The molecule has 0 bridgehead atoms. The third-order valence-corrected chi connectivity index (χ3v) is 3.39. The second kappa shape index (κ2) is 4.93. The molecule has 0 spiro atoms. The van der Waals surface area contributed by atoms with Gasteiger partial charge in [-0.25, -0.2) is 4.39 Å². The number of nitrogens with zero attached hydrogens (tertiary/aromatic N) is 1. The summed E-state index contributed by atoms with van der Waals surface area (Å²) in [6.45, 7) is 2.25. The number of aryl methyl sites for hydroxylation is 1. The molecular weight excluding hydrogens is 253 g/mol. The maximum atomic E-state index is 13.1. The zero-order chi connectivity index (χ0) is 14.1. The number of halogens is 1. The van der Waals surface area contributed by atoms with Crippen LogP contribution in [0.3, 0.4) is 0 Å². The van der Waals surface area contributed by atoms with Gasteiger partial charge in [0.1, 0.15) is 5.82 Å². The van der Waals surface area contributed by atoms with E-state index in [0.29, 0.717) is 5.56 Å². The van der Waals surface area contributed by atoms with E-state index < -0.39 is 0 Å². The Balaban J connectivity index is 1.91. The summed E-state index contributed by atoms with van der Waals surface area (Å²) in [5, 5.41) is 1.11. The Labute approximate surface area is 116 Å². The molecular formula is C17H14FNO. The number of ketones is 1. The van der Waals surface area contributed by atoms with E-state index in [4.69, 9.17) is 0 Å². The molecule has 2 nitrogen and oxygen atoms in total. The van der Waals surface area contributed by atoms with E-state index >= 15 is 0 Å². The first-order valence-corrected chi connectivity index (χ1v) is 6.48. The predicted molar refractivity (Wildman–Crippen MR) is 77.4 cm³/mol. The Morgan fingerprint density at radius 2 is 2.00 bits per heavy atom. The standard InChI is InChI=1S/C17H14FNO/c1-12-5-6-16-13(9-12)7-8-19(16)11-17(20)14-3-2-4-15(18)10-14/h2-10H,11H2,1H3. The van der Waals surface area contributed by atoms with Crippen molar-refractivity contribution in [2.45, 2.75) is 13.5 Å². The van der Waals surface area contributed by atoms with Crippen LogP contribution in [0.5, 0.6) is 0 Å². The maximum absolute atomic E-state index is 13.1. The van der Waals surface area contributed by atoms with Crippen molar-refractivity contribution in [1.29, 1.82) is 0 Å². The zero-order valence-electron chi connectivity index (χ0n) is 11.1. The number of carbonyl (C=O) groups is 1. The molecule has 0 saturated carbocycles. The second-order valence-electron chi connectivity index (χ2n) is 4.94. The monoisotopic (exact) mass is 267 g/mol. The van der Waals surface area contributed by atoms with Crippen LogP contribution in [0.25, 0.3) is 10.9 Å². The first-order valence-electron chi connectivity index (χ1n) is 6.48. The van der Waals surface area contributed by atoms with Gasteiger partial charge in [-0.05, 0) is 42.6 Å². The van der Waals surface area contributed by atoms with Crippen LogP contribution in [-0.2, 0) is 6.54 Å².